The Morgan fingerprint density at radius 3 is 2.71 bits per heavy atom. The molecule has 1 aromatic carbocycles. The molecule has 0 aliphatic carbocycles. The van der Waals surface area contributed by atoms with E-state index >= 15 is 0 Å². The first-order valence-corrected chi connectivity index (χ1v) is 5.31. The van der Waals surface area contributed by atoms with Gasteiger partial charge in [-0.1, -0.05) is 11.6 Å². The molecule has 5 nitrogen and oxygen atoms in total. The number of fused-ring (bicyclic) bond motifs is 1. The average molecular weight is 247 g/mol. The fourth-order valence-electron chi connectivity index (χ4n) is 1.59. The molecule has 0 radical (unpaired) electrons. The molecule has 0 amide bonds. The molecule has 0 spiro atoms. The second kappa shape index (κ2) is 3.71. The van der Waals surface area contributed by atoms with E-state index in [0.29, 0.717) is 21.9 Å². The van der Waals surface area contributed by atoms with Crippen LogP contribution in [0.4, 0.5) is 0 Å². The van der Waals surface area contributed by atoms with Gasteiger partial charge in [0.25, 0.3) is 5.56 Å². The summed E-state index contributed by atoms with van der Waals surface area (Å²) < 4.78 is 0. The number of hydrogen-bond acceptors (Lipinski definition) is 3. The smallest absolute Gasteiger partial charge is 0.277 e. The van der Waals surface area contributed by atoms with Gasteiger partial charge in [0.05, 0.1) is 6.20 Å². The molecule has 2 aromatic heterocycles. The summed E-state index contributed by atoms with van der Waals surface area (Å²) in [6.07, 6.45) is 1.52. The first-order chi connectivity index (χ1) is 8.24. The number of nitrogens with one attached hydrogen (secondary N) is 2. The summed E-state index contributed by atoms with van der Waals surface area (Å²) in [5.41, 5.74) is 1.48. The van der Waals surface area contributed by atoms with Crippen LogP contribution in [0.5, 0.6) is 0 Å². The molecule has 2 heterocycles. The maximum absolute atomic E-state index is 11.7. The lowest BCUT2D eigenvalue weighted by atomic mass is 10.2. The Bertz CT molecular complexity index is 729. The van der Waals surface area contributed by atoms with Crippen molar-refractivity contribution < 1.29 is 0 Å². The zero-order valence-electron chi connectivity index (χ0n) is 8.57. The Balaban J connectivity index is 2.23. The number of aromatic nitrogens is 4. The molecule has 0 saturated carbocycles. The van der Waals surface area contributed by atoms with E-state index in [2.05, 4.69) is 20.2 Å². The zero-order valence-corrected chi connectivity index (χ0v) is 9.32. The molecular weight excluding hydrogens is 240 g/mol. The third-order valence-corrected chi connectivity index (χ3v) is 2.68. The Morgan fingerprint density at radius 1 is 1.18 bits per heavy atom. The second-order valence-electron chi connectivity index (χ2n) is 3.55. The van der Waals surface area contributed by atoms with Crippen LogP contribution in [0.3, 0.4) is 0 Å². The Morgan fingerprint density at radius 2 is 1.94 bits per heavy atom. The summed E-state index contributed by atoms with van der Waals surface area (Å²) in [4.78, 5) is 18.7. The van der Waals surface area contributed by atoms with Crippen LogP contribution in [-0.4, -0.2) is 20.2 Å². The normalized spacial score (nSPS) is 10.9. The molecule has 0 aliphatic heterocycles. The summed E-state index contributed by atoms with van der Waals surface area (Å²) in [6.45, 7) is 0. The van der Waals surface area contributed by atoms with Crippen LogP contribution in [0, 0.1) is 0 Å². The Hall–Kier alpha value is -2.14. The zero-order chi connectivity index (χ0) is 11.8. The van der Waals surface area contributed by atoms with Crippen LogP contribution < -0.4 is 5.56 Å². The van der Waals surface area contributed by atoms with E-state index in [1.807, 2.05) is 0 Å². The van der Waals surface area contributed by atoms with E-state index in [9.17, 15) is 4.79 Å². The van der Waals surface area contributed by atoms with Crippen molar-refractivity contribution in [3.63, 3.8) is 0 Å². The largest absolute Gasteiger partial charge is 0.305 e. The van der Waals surface area contributed by atoms with Gasteiger partial charge in [0.2, 0.25) is 0 Å². The van der Waals surface area contributed by atoms with E-state index in [1.165, 1.54) is 6.20 Å². The molecule has 0 bridgehead atoms. The number of benzene rings is 1. The summed E-state index contributed by atoms with van der Waals surface area (Å²) >= 11 is 5.80. The fourth-order valence-corrected chi connectivity index (χ4v) is 1.72. The van der Waals surface area contributed by atoms with E-state index in [-0.39, 0.29) is 5.56 Å². The highest BCUT2D eigenvalue weighted by Gasteiger charge is 2.06. The maximum Gasteiger partial charge on any atom is 0.277 e. The van der Waals surface area contributed by atoms with Crippen molar-refractivity contribution in [3.05, 3.63) is 45.8 Å². The van der Waals surface area contributed by atoms with Crippen molar-refractivity contribution in [1.29, 1.82) is 0 Å². The van der Waals surface area contributed by atoms with Crippen LogP contribution >= 0.6 is 11.6 Å². The molecule has 0 fully saturated rings. The van der Waals surface area contributed by atoms with Gasteiger partial charge in [0, 0.05) is 10.6 Å². The first-order valence-electron chi connectivity index (χ1n) is 4.93. The average Bonchev–Trinajstić information content (AvgIpc) is 2.78. The number of rotatable bonds is 1. The quantitative estimate of drug-likeness (QED) is 0.689. The summed E-state index contributed by atoms with van der Waals surface area (Å²) in [5, 5.41) is 7.02. The van der Waals surface area contributed by atoms with Crippen molar-refractivity contribution >= 4 is 22.6 Å². The molecule has 0 unspecified atom stereocenters. The predicted molar refractivity (Wildman–Crippen MR) is 65.0 cm³/mol. The van der Waals surface area contributed by atoms with Gasteiger partial charge < -0.3 is 4.98 Å². The highest BCUT2D eigenvalue weighted by molar-refractivity contribution is 6.30. The topological polar surface area (TPSA) is 74.4 Å². The minimum Gasteiger partial charge on any atom is -0.305 e. The van der Waals surface area contributed by atoms with Crippen molar-refractivity contribution in [2.45, 2.75) is 0 Å². The van der Waals surface area contributed by atoms with Crippen molar-refractivity contribution in [2.75, 3.05) is 0 Å². The predicted octanol–water partition coefficient (Wildman–Crippen LogP) is 1.97. The van der Waals surface area contributed by atoms with Crippen molar-refractivity contribution in [2.24, 2.45) is 0 Å². The molecule has 0 atom stereocenters. The lowest BCUT2D eigenvalue weighted by Crippen LogP contribution is -2.09. The van der Waals surface area contributed by atoms with Gasteiger partial charge in [-0.2, -0.15) is 5.10 Å². The van der Waals surface area contributed by atoms with E-state index in [4.69, 9.17) is 11.6 Å². The first kappa shape index (κ1) is 10.0. The van der Waals surface area contributed by atoms with Crippen LogP contribution in [0.2, 0.25) is 5.02 Å². The molecule has 3 aromatic rings. The van der Waals surface area contributed by atoms with E-state index < -0.39 is 0 Å². The van der Waals surface area contributed by atoms with Gasteiger partial charge >= 0.3 is 0 Å². The minimum atomic E-state index is -0.238. The van der Waals surface area contributed by atoms with Crippen LogP contribution in [0.1, 0.15) is 0 Å². The van der Waals surface area contributed by atoms with Gasteiger partial charge in [-0.3, -0.25) is 9.89 Å². The third kappa shape index (κ3) is 1.70. The van der Waals surface area contributed by atoms with Gasteiger partial charge in [-0.25, -0.2) is 4.98 Å². The highest BCUT2D eigenvalue weighted by Crippen LogP contribution is 2.18. The third-order valence-electron chi connectivity index (χ3n) is 2.43. The fraction of sp³-hybridized carbons (Fsp3) is 0. The van der Waals surface area contributed by atoms with Crippen molar-refractivity contribution in [3.8, 4) is 11.4 Å². The minimum absolute atomic E-state index is 0.238. The van der Waals surface area contributed by atoms with Gasteiger partial charge in [0.15, 0.2) is 0 Å². The summed E-state index contributed by atoms with van der Waals surface area (Å²) in [5.74, 6) is 0.501. The van der Waals surface area contributed by atoms with Crippen LogP contribution in [0.25, 0.3) is 22.4 Å². The summed E-state index contributed by atoms with van der Waals surface area (Å²) in [7, 11) is 0. The second-order valence-corrected chi connectivity index (χ2v) is 3.99. The maximum atomic E-state index is 11.7. The van der Waals surface area contributed by atoms with Crippen molar-refractivity contribution in [1.82, 2.24) is 20.2 Å². The van der Waals surface area contributed by atoms with Gasteiger partial charge in [-0.15, -0.1) is 0 Å². The number of nitrogens with zero attached hydrogens (tertiary/aromatic N) is 2. The van der Waals surface area contributed by atoms with Gasteiger partial charge in [0.1, 0.15) is 16.9 Å². The highest BCUT2D eigenvalue weighted by atomic mass is 35.5. The molecule has 0 aliphatic rings. The number of aromatic amines is 2. The molecule has 17 heavy (non-hydrogen) atoms. The Labute approximate surface area is 100 Å². The van der Waals surface area contributed by atoms with Crippen LogP contribution in [0.15, 0.2) is 35.3 Å². The SMILES string of the molecule is O=c1[nH]c(-c2ccc(Cl)cc2)nc2cn[nH]c12. The molecule has 3 rings (SSSR count). The molecule has 6 heteroatoms. The molecule has 2 N–H and O–H groups in total. The van der Waals surface area contributed by atoms with Crippen LogP contribution in [-0.2, 0) is 0 Å². The monoisotopic (exact) mass is 246 g/mol. The number of halogens is 1. The lowest BCUT2D eigenvalue weighted by Gasteiger charge is -2.00. The molecular formula is C11H7ClN4O. The standard InChI is InChI=1S/C11H7ClN4O/c12-7-3-1-6(2-4-7)10-14-8-5-13-16-9(8)11(17)15-10/h1-5H,(H,13,16)(H,14,15,17). The molecule has 84 valence electrons. The number of H-pyrrole nitrogens is 2. The van der Waals surface area contributed by atoms with E-state index in [0.717, 1.165) is 5.56 Å². The number of hydrogen-bond donors (Lipinski definition) is 2. The lowest BCUT2D eigenvalue weighted by molar-refractivity contribution is 1.10. The Kier molecular flexibility index (Phi) is 2.19. The summed E-state index contributed by atoms with van der Waals surface area (Å²) in [6, 6.07) is 7.09. The molecule has 0 saturated heterocycles. The van der Waals surface area contributed by atoms with Gasteiger partial charge in [-0.05, 0) is 24.3 Å². The van der Waals surface area contributed by atoms with E-state index in [1.54, 1.807) is 24.3 Å².